The summed E-state index contributed by atoms with van der Waals surface area (Å²) in [6.07, 6.45) is 7.86. The summed E-state index contributed by atoms with van der Waals surface area (Å²) >= 11 is 0. The number of carbonyl (C=O) groups is 1. The molecule has 106 valence electrons. The SMILES string of the molecule is CNCCCC(=O)NCC1(N(C)C)CCCCC1. The van der Waals surface area contributed by atoms with Crippen molar-refractivity contribution in [2.75, 3.05) is 34.2 Å². The van der Waals surface area contributed by atoms with Crippen LogP contribution in [-0.4, -0.2) is 50.6 Å². The van der Waals surface area contributed by atoms with Crippen LogP contribution in [0.4, 0.5) is 0 Å². The van der Waals surface area contributed by atoms with Gasteiger partial charge in [-0.1, -0.05) is 19.3 Å². The number of hydrogen-bond donors (Lipinski definition) is 2. The van der Waals surface area contributed by atoms with Crippen molar-refractivity contribution in [2.45, 2.75) is 50.5 Å². The zero-order valence-electron chi connectivity index (χ0n) is 12.2. The molecule has 1 aliphatic rings. The van der Waals surface area contributed by atoms with Gasteiger partial charge in [-0.25, -0.2) is 0 Å². The summed E-state index contributed by atoms with van der Waals surface area (Å²) in [6, 6.07) is 0. The van der Waals surface area contributed by atoms with Crippen LogP contribution in [0.1, 0.15) is 44.9 Å². The van der Waals surface area contributed by atoms with Crippen molar-refractivity contribution in [2.24, 2.45) is 0 Å². The molecule has 0 saturated heterocycles. The Morgan fingerprint density at radius 3 is 2.44 bits per heavy atom. The largest absolute Gasteiger partial charge is 0.354 e. The Kier molecular flexibility index (Phi) is 6.65. The lowest BCUT2D eigenvalue weighted by Gasteiger charge is -2.43. The maximum absolute atomic E-state index is 11.8. The van der Waals surface area contributed by atoms with E-state index in [4.69, 9.17) is 0 Å². The van der Waals surface area contributed by atoms with Gasteiger partial charge in [-0.05, 0) is 47.0 Å². The van der Waals surface area contributed by atoms with Crippen LogP contribution in [0.5, 0.6) is 0 Å². The third kappa shape index (κ3) is 4.58. The average Bonchev–Trinajstić information content (AvgIpc) is 2.37. The Hall–Kier alpha value is -0.610. The molecule has 1 aliphatic carbocycles. The van der Waals surface area contributed by atoms with Crippen molar-refractivity contribution in [3.05, 3.63) is 0 Å². The molecule has 1 amide bonds. The maximum atomic E-state index is 11.8. The maximum Gasteiger partial charge on any atom is 0.220 e. The van der Waals surface area contributed by atoms with Crippen LogP contribution in [0.25, 0.3) is 0 Å². The molecule has 1 rings (SSSR count). The molecule has 0 radical (unpaired) electrons. The van der Waals surface area contributed by atoms with Gasteiger partial charge in [-0.2, -0.15) is 0 Å². The molecule has 1 saturated carbocycles. The van der Waals surface area contributed by atoms with E-state index in [9.17, 15) is 4.79 Å². The fourth-order valence-electron chi connectivity index (χ4n) is 2.77. The Bertz CT molecular complexity index is 247. The third-order valence-electron chi connectivity index (χ3n) is 4.18. The van der Waals surface area contributed by atoms with Crippen LogP contribution in [-0.2, 0) is 4.79 Å². The highest BCUT2D eigenvalue weighted by atomic mass is 16.1. The van der Waals surface area contributed by atoms with Gasteiger partial charge in [-0.15, -0.1) is 0 Å². The monoisotopic (exact) mass is 255 g/mol. The van der Waals surface area contributed by atoms with Gasteiger partial charge in [0.15, 0.2) is 0 Å². The van der Waals surface area contributed by atoms with Crippen LogP contribution in [0.15, 0.2) is 0 Å². The lowest BCUT2D eigenvalue weighted by Crippen LogP contribution is -2.53. The molecular weight excluding hydrogens is 226 g/mol. The van der Waals surface area contributed by atoms with E-state index in [1.165, 1.54) is 32.1 Å². The quantitative estimate of drug-likeness (QED) is 0.675. The van der Waals surface area contributed by atoms with Crippen molar-refractivity contribution < 1.29 is 4.79 Å². The van der Waals surface area contributed by atoms with E-state index < -0.39 is 0 Å². The van der Waals surface area contributed by atoms with Crippen molar-refractivity contribution >= 4 is 5.91 Å². The molecule has 0 atom stereocenters. The molecule has 4 heteroatoms. The fourth-order valence-corrected chi connectivity index (χ4v) is 2.77. The standard InChI is InChI=1S/C14H29N3O/c1-15-11-7-8-13(18)16-12-14(17(2)3)9-5-4-6-10-14/h15H,4-12H2,1-3H3,(H,16,18). The molecule has 0 aliphatic heterocycles. The van der Waals surface area contributed by atoms with E-state index in [0.717, 1.165) is 19.5 Å². The summed E-state index contributed by atoms with van der Waals surface area (Å²) < 4.78 is 0. The van der Waals surface area contributed by atoms with Crippen molar-refractivity contribution in [1.82, 2.24) is 15.5 Å². The summed E-state index contributed by atoms with van der Waals surface area (Å²) in [7, 11) is 6.19. The highest BCUT2D eigenvalue weighted by Gasteiger charge is 2.34. The van der Waals surface area contributed by atoms with Gasteiger partial charge >= 0.3 is 0 Å². The second-order valence-corrected chi connectivity index (χ2v) is 5.66. The Morgan fingerprint density at radius 1 is 1.22 bits per heavy atom. The number of likely N-dealkylation sites (N-methyl/N-ethyl adjacent to an activating group) is 1. The van der Waals surface area contributed by atoms with Crippen molar-refractivity contribution in [3.8, 4) is 0 Å². The molecule has 0 unspecified atom stereocenters. The minimum absolute atomic E-state index is 0.191. The summed E-state index contributed by atoms with van der Waals surface area (Å²) in [5.41, 5.74) is 0.191. The molecule has 18 heavy (non-hydrogen) atoms. The predicted octanol–water partition coefficient (Wildman–Crippen LogP) is 1.37. The number of carbonyl (C=O) groups excluding carboxylic acids is 1. The smallest absolute Gasteiger partial charge is 0.220 e. The van der Waals surface area contributed by atoms with E-state index in [-0.39, 0.29) is 11.4 Å². The summed E-state index contributed by atoms with van der Waals surface area (Å²) in [6.45, 7) is 1.71. The van der Waals surface area contributed by atoms with Gasteiger partial charge in [0.2, 0.25) is 5.91 Å². The van der Waals surface area contributed by atoms with Crippen LogP contribution >= 0.6 is 0 Å². The van der Waals surface area contributed by atoms with Crippen molar-refractivity contribution in [3.63, 3.8) is 0 Å². The van der Waals surface area contributed by atoms with E-state index in [2.05, 4.69) is 29.6 Å². The van der Waals surface area contributed by atoms with Gasteiger partial charge in [0.05, 0.1) is 0 Å². The number of amides is 1. The summed E-state index contributed by atoms with van der Waals surface area (Å²) in [5.74, 6) is 0.192. The predicted molar refractivity (Wildman–Crippen MR) is 75.7 cm³/mol. The third-order valence-corrected chi connectivity index (χ3v) is 4.18. The first-order chi connectivity index (χ1) is 8.60. The molecule has 4 nitrogen and oxygen atoms in total. The molecule has 0 heterocycles. The van der Waals surface area contributed by atoms with Gasteiger partial charge in [0, 0.05) is 18.5 Å². The van der Waals surface area contributed by atoms with E-state index in [1.807, 2.05) is 7.05 Å². The van der Waals surface area contributed by atoms with Gasteiger partial charge in [0.1, 0.15) is 0 Å². The first-order valence-corrected chi connectivity index (χ1v) is 7.19. The van der Waals surface area contributed by atoms with Gasteiger partial charge < -0.3 is 15.5 Å². The molecule has 0 bridgehead atoms. The second-order valence-electron chi connectivity index (χ2n) is 5.66. The molecular formula is C14H29N3O. The Balaban J connectivity index is 2.35. The summed E-state index contributed by atoms with van der Waals surface area (Å²) in [4.78, 5) is 14.1. The van der Waals surface area contributed by atoms with Crippen LogP contribution in [0.3, 0.4) is 0 Å². The van der Waals surface area contributed by atoms with Crippen LogP contribution in [0.2, 0.25) is 0 Å². The topological polar surface area (TPSA) is 44.4 Å². The highest BCUT2D eigenvalue weighted by Crippen LogP contribution is 2.31. The molecule has 0 aromatic heterocycles. The first-order valence-electron chi connectivity index (χ1n) is 7.19. The molecule has 0 aromatic rings. The second kappa shape index (κ2) is 7.74. The number of hydrogen-bond acceptors (Lipinski definition) is 3. The minimum atomic E-state index is 0.191. The average molecular weight is 255 g/mol. The van der Waals surface area contributed by atoms with E-state index >= 15 is 0 Å². The zero-order valence-corrected chi connectivity index (χ0v) is 12.2. The lowest BCUT2D eigenvalue weighted by molar-refractivity contribution is -0.121. The van der Waals surface area contributed by atoms with Crippen molar-refractivity contribution in [1.29, 1.82) is 0 Å². The molecule has 2 N–H and O–H groups in total. The first kappa shape index (κ1) is 15.4. The van der Waals surface area contributed by atoms with Crippen LogP contribution < -0.4 is 10.6 Å². The number of nitrogens with one attached hydrogen (secondary N) is 2. The lowest BCUT2D eigenvalue weighted by atomic mass is 9.80. The Morgan fingerprint density at radius 2 is 1.89 bits per heavy atom. The Labute approximate surface area is 111 Å². The van der Waals surface area contributed by atoms with Crippen LogP contribution in [0, 0.1) is 0 Å². The molecule has 1 fully saturated rings. The van der Waals surface area contributed by atoms with E-state index in [0.29, 0.717) is 6.42 Å². The fraction of sp³-hybridized carbons (Fsp3) is 0.929. The normalized spacial score (nSPS) is 18.9. The number of nitrogens with zero attached hydrogens (tertiary/aromatic N) is 1. The van der Waals surface area contributed by atoms with E-state index in [1.54, 1.807) is 0 Å². The number of rotatable bonds is 7. The minimum Gasteiger partial charge on any atom is -0.354 e. The molecule has 0 aromatic carbocycles. The molecule has 0 spiro atoms. The van der Waals surface area contributed by atoms with Gasteiger partial charge in [-0.3, -0.25) is 4.79 Å². The highest BCUT2D eigenvalue weighted by molar-refractivity contribution is 5.75. The zero-order chi connectivity index (χ0) is 13.4. The van der Waals surface area contributed by atoms with Gasteiger partial charge in [0.25, 0.3) is 0 Å². The summed E-state index contributed by atoms with van der Waals surface area (Å²) in [5, 5.41) is 6.19.